The summed E-state index contributed by atoms with van der Waals surface area (Å²) in [6.07, 6.45) is 0. The molecule has 1 fully saturated rings. The molecule has 0 radical (unpaired) electrons. The molecule has 0 aromatic carbocycles. The Morgan fingerprint density at radius 1 is 1.54 bits per heavy atom. The molecule has 1 saturated heterocycles. The zero-order chi connectivity index (χ0) is 9.26. The van der Waals surface area contributed by atoms with Crippen molar-refractivity contribution in [3.63, 3.8) is 0 Å². The highest BCUT2D eigenvalue weighted by atomic mass is 79.9. The highest BCUT2D eigenvalue weighted by molar-refractivity contribution is 9.11. The summed E-state index contributed by atoms with van der Waals surface area (Å²) in [5.74, 6) is 1.98. The molecular weight excluding hydrogens is 270 g/mol. The van der Waals surface area contributed by atoms with Crippen molar-refractivity contribution < 1.29 is 0 Å². The highest BCUT2D eigenvalue weighted by Gasteiger charge is 2.28. The standard InChI is InChI=1S/C9H11BrClNS/c10-9-2-1-8(13-9)7-5-12-4-6(7)3-11/h1-2,6-7,12H,3-5H2. The molecule has 2 rings (SSSR count). The van der Waals surface area contributed by atoms with Gasteiger partial charge >= 0.3 is 0 Å². The first-order valence-electron chi connectivity index (χ1n) is 4.33. The second kappa shape index (κ2) is 4.30. The molecule has 1 aromatic rings. The van der Waals surface area contributed by atoms with E-state index in [4.69, 9.17) is 11.6 Å². The van der Waals surface area contributed by atoms with Crippen molar-refractivity contribution in [2.24, 2.45) is 5.92 Å². The van der Waals surface area contributed by atoms with Crippen LogP contribution in [0.4, 0.5) is 0 Å². The molecule has 2 unspecified atom stereocenters. The van der Waals surface area contributed by atoms with Crippen LogP contribution >= 0.6 is 38.9 Å². The van der Waals surface area contributed by atoms with Crippen molar-refractivity contribution in [1.82, 2.24) is 5.32 Å². The third-order valence-electron chi connectivity index (χ3n) is 2.50. The van der Waals surface area contributed by atoms with Crippen LogP contribution in [0.3, 0.4) is 0 Å². The lowest BCUT2D eigenvalue weighted by molar-refractivity contribution is 0.586. The molecule has 0 saturated carbocycles. The van der Waals surface area contributed by atoms with Gasteiger partial charge in [-0.25, -0.2) is 0 Å². The Balaban J connectivity index is 2.15. The fourth-order valence-electron chi connectivity index (χ4n) is 1.76. The predicted octanol–water partition coefficient (Wildman–Crippen LogP) is 3.05. The van der Waals surface area contributed by atoms with E-state index in [1.807, 2.05) is 11.3 Å². The first kappa shape index (κ1) is 9.97. The van der Waals surface area contributed by atoms with Gasteiger partial charge in [0.2, 0.25) is 0 Å². The Morgan fingerprint density at radius 3 is 3.00 bits per heavy atom. The van der Waals surface area contributed by atoms with Crippen molar-refractivity contribution in [2.45, 2.75) is 5.92 Å². The molecule has 1 N–H and O–H groups in total. The van der Waals surface area contributed by atoms with E-state index in [9.17, 15) is 0 Å². The first-order valence-corrected chi connectivity index (χ1v) is 6.47. The summed E-state index contributed by atoms with van der Waals surface area (Å²) in [5, 5.41) is 3.39. The fraction of sp³-hybridized carbons (Fsp3) is 0.556. The third kappa shape index (κ3) is 2.09. The van der Waals surface area contributed by atoms with E-state index in [1.54, 1.807) is 0 Å². The zero-order valence-corrected chi connectivity index (χ0v) is 10.3. The molecule has 1 aliphatic rings. The number of rotatable bonds is 2. The molecule has 1 aromatic heterocycles. The van der Waals surface area contributed by atoms with Crippen LogP contribution in [0.5, 0.6) is 0 Å². The van der Waals surface area contributed by atoms with Gasteiger partial charge in [-0.1, -0.05) is 0 Å². The van der Waals surface area contributed by atoms with Gasteiger partial charge in [-0.05, 0) is 40.5 Å². The second-order valence-corrected chi connectivity index (χ2v) is 6.12. The Kier molecular flexibility index (Phi) is 3.30. The lowest BCUT2D eigenvalue weighted by Crippen LogP contribution is -2.11. The van der Waals surface area contributed by atoms with Crippen molar-refractivity contribution in [3.05, 3.63) is 20.8 Å². The monoisotopic (exact) mass is 279 g/mol. The largest absolute Gasteiger partial charge is 0.316 e. The van der Waals surface area contributed by atoms with E-state index >= 15 is 0 Å². The normalized spacial score (nSPS) is 28.2. The minimum atomic E-state index is 0.604. The SMILES string of the molecule is ClCC1CNCC1c1ccc(Br)s1. The van der Waals surface area contributed by atoms with Crippen molar-refractivity contribution in [3.8, 4) is 0 Å². The molecule has 0 bridgehead atoms. The summed E-state index contributed by atoms with van der Waals surface area (Å²) < 4.78 is 1.21. The number of alkyl halides is 1. The van der Waals surface area contributed by atoms with Gasteiger partial charge < -0.3 is 5.32 Å². The Bertz CT molecular complexity index is 289. The summed E-state index contributed by atoms with van der Waals surface area (Å²) in [6, 6.07) is 4.32. The van der Waals surface area contributed by atoms with Crippen LogP contribution in [-0.2, 0) is 0 Å². The van der Waals surface area contributed by atoms with Crippen LogP contribution in [0.25, 0.3) is 0 Å². The number of halogens is 2. The Hall–Kier alpha value is 0.430. The number of hydrogen-bond acceptors (Lipinski definition) is 2. The molecular formula is C9H11BrClNS. The molecule has 13 heavy (non-hydrogen) atoms. The van der Waals surface area contributed by atoms with Crippen LogP contribution in [0.1, 0.15) is 10.8 Å². The minimum Gasteiger partial charge on any atom is -0.316 e. The fourth-order valence-corrected chi connectivity index (χ4v) is 3.70. The molecule has 2 heterocycles. The molecule has 2 atom stereocenters. The molecule has 1 nitrogen and oxygen atoms in total. The van der Waals surface area contributed by atoms with Crippen molar-refractivity contribution >= 4 is 38.9 Å². The second-order valence-electron chi connectivity index (χ2n) is 3.32. The number of thiophene rings is 1. The quantitative estimate of drug-likeness (QED) is 0.821. The van der Waals surface area contributed by atoms with E-state index in [-0.39, 0.29) is 0 Å². The molecule has 4 heteroatoms. The maximum atomic E-state index is 5.91. The average molecular weight is 281 g/mol. The van der Waals surface area contributed by atoms with Gasteiger partial charge in [0.15, 0.2) is 0 Å². The molecule has 0 aliphatic carbocycles. The molecule has 1 aliphatic heterocycles. The Morgan fingerprint density at radius 2 is 2.38 bits per heavy atom. The topological polar surface area (TPSA) is 12.0 Å². The van der Waals surface area contributed by atoms with Gasteiger partial charge in [0.25, 0.3) is 0 Å². The van der Waals surface area contributed by atoms with Crippen molar-refractivity contribution in [2.75, 3.05) is 19.0 Å². The van der Waals surface area contributed by atoms with E-state index in [0.717, 1.165) is 19.0 Å². The van der Waals surface area contributed by atoms with Gasteiger partial charge in [0, 0.05) is 23.2 Å². The van der Waals surface area contributed by atoms with E-state index in [2.05, 4.69) is 33.4 Å². The van der Waals surface area contributed by atoms with Gasteiger partial charge in [-0.2, -0.15) is 0 Å². The smallest absolute Gasteiger partial charge is 0.0701 e. The van der Waals surface area contributed by atoms with Crippen LogP contribution in [0, 0.1) is 5.92 Å². The molecule has 72 valence electrons. The highest BCUT2D eigenvalue weighted by Crippen LogP contribution is 2.35. The van der Waals surface area contributed by atoms with Gasteiger partial charge in [-0.3, -0.25) is 0 Å². The maximum Gasteiger partial charge on any atom is 0.0701 e. The summed E-state index contributed by atoms with van der Waals surface area (Å²) >= 11 is 11.2. The predicted molar refractivity (Wildman–Crippen MR) is 61.8 cm³/mol. The Labute approximate surface area is 95.6 Å². The van der Waals surface area contributed by atoms with Gasteiger partial charge in [0.1, 0.15) is 0 Å². The first-order chi connectivity index (χ1) is 6.31. The van der Waals surface area contributed by atoms with Crippen LogP contribution in [0.2, 0.25) is 0 Å². The van der Waals surface area contributed by atoms with Crippen LogP contribution < -0.4 is 5.32 Å². The summed E-state index contributed by atoms with van der Waals surface area (Å²) in [7, 11) is 0. The molecule has 0 spiro atoms. The lowest BCUT2D eigenvalue weighted by Gasteiger charge is -2.13. The minimum absolute atomic E-state index is 0.604. The van der Waals surface area contributed by atoms with E-state index < -0.39 is 0 Å². The van der Waals surface area contributed by atoms with Crippen LogP contribution in [-0.4, -0.2) is 19.0 Å². The van der Waals surface area contributed by atoms with Gasteiger partial charge in [0.05, 0.1) is 3.79 Å². The van der Waals surface area contributed by atoms with E-state index in [1.165, 1.54) is 8.66 Å². The summed E-state index contributed by atoms with van der Waals surface area (Å²) in [4.78, 5) is 1.45. The number of hydrogen-bond donors (Lipinski definition) is 1. The van der Waals surface area contributed by atoms with Crippen molar-refractivity contribution in [1.29, 1.82) is 0 Å². The zero-order valence-electron chi connectivity index (χ0n) is 7.09. The molecule has 0 amide bonds. The third-order valence-corrected chi connectivity index (χ3v) is 4.65. The summed E-state index contributed by atoms with van der Waals surface area (Å²) in [5.41, 5.74) is 0. The average Bonchev–Trinajstić information content (AvgIpc) is 2.71. The van der Waals surface area contributed by atoms with E-state index in [0.29, 0.717) is 11.8 Å². The summed E-state index contributed by atoms with van der Waals surface area (Å²) in [6.45, 7) is 2.13. The number of nitrogens with one attached hydrogen (secondary N) is 1. The van der Waals surface area contributed by atoms with Crippen LogP contribution in [0.15, 0.2) is 15.9 Å². The lowest BCUT2D eigenvalue weighted by atomic mass is 9.96. The van der Waals surface area contributed by atoms with Gasteiger partial charge in [-0.15, -0.1) is 22.9 Å². The maximum absolute atomic E-state index is 5.91.